The lowest BCUT2D eigenvalue weighted by atomic mass is 10.1. The summed E-state index contributed by atoms with van der Waals surface area (Å²) >= 11 is 3.53. The summed E-state index contributed by atoms with van der Waals surface area (Å²) < 4.78 is 7.20. The molecule has 0 radical (unpaired) electrons. The van der Waals surface area contributed by atoms with Crippen LogP contribution >= 0.6 is 15.9 Å². The maximum absolute atomic E-state index is 6.11. The Morgan fingerprint density at radius 1 is 1.22 bits per heavy atom. The molecule has 0 aliphatic rings. The summed E-state index contributed by atoms with van der Waals surface area (Å²) in [5, 5.41) is 3.44. The van der Waals surface area contributed by atoms with Gasteiger partial charge in [0.25, 0.3) is 0 Å². The second kappa shape index (κ2) is 7.80. The van der Waals surface area contributed by atoms with E-state index in [4.69, 9.17) is 4.74 Å². The molecule has 2 nitrogen and oxygen atoms in total. The first-order chi connectivity index (χ1) is 8.62. The van der Waals surface area contributed by atoms with Crippen LogP contribution in [0.15, 0.2) is 22.7 Å². The average molecular weight is 314 g/mol. The van der Waals surface area contributed by atoms with Crippen molar-refractivity contribution in [1.29, 1.82) is 0 Å². The van der Waals surface area contributed by atoms with Gasteiger partial charge in [0, 0.05) is 16.1 Å². The molecule has 0 bridgehead atoms. The molecule has 1 aromatic rings. The van der Waals surface area contributed by atoms with Crippen LogP contribution in [0.5, 0.6) is 5.75 Å². The minimum atomic E-state index is 0.303. The molecule has 0 aliphatic heterocycles. The van der Waals surface area contributed by atoms with Crippen molar-refractivity contribution >= 4 is 15.9 Å². The molecule has 0 heterocycles. The van der Waals surface area contributed by atoms with Crippen molar-refractivity contribution < 1.29 is 4.74 Å². The first kappa shape index (κ1) is 15.5. The van der Waals surface area contributed by atoms with Crippen LogP contribution in [0.3, 0.4) is 0 Å². The predicted octanol–water partition coefficient (Wildman–Crippen LogP) is 4.69. The molecule has 1 N–H and O–H groups in total. The van der Waals surface area contributed by atoms with Gasteiger partial charge in [-0.3, -0.25) is 0 Å². The van der Waals surface area contributed by atoms with E-state index in [1.54, 1.807) is 0 Å². The number of hydrogen-bond acceptors (Lipinski definition) is 2. The molecule has 1 rings (SSSR count). The number of halogens is 1. The summed E-state index contributed by atoms with van der Waals surface area (Å²) in [5.41, 5.74) is 1.22. The van der Waals surface area contributed by atoms with Crippen molar-refractivity contribution in [2.45, 2.75) is 52.7 Å². The summed E-state index contributed by atoms with van der Waals surface area (Å²) in [6.07, 6.45) is 2.39. The van der Waals surface area contributed by atoms with Crippen molar-refractivity contribution in [3.05, 3.63) is 28.2 Å². The maximum Gasteiger partial charge on any atom is 0.124 e. The lowest BCUT2D eigenvalue weighted by Gasteiger charge is -2.22. The van der Waals surface area contributed by atoms with Gasteiger partial charge in [-0.1, -0.05) is 36.7 Å². The zero-order valence-corrected chi connectivity index (χ0v) is 13.4. The second-order valence-corrected chi connectivity index (χ2v) is 5.43. The summed E-state index contributed by atoms with van der Waals surface area (Å²) in [7, 11) is 0. The number of rotatable bonds is 7. The Morgan fingerprint density at radius 3 is 2.44 bits per heavy atom. The van der Waals surface area contributed by atoms with Gasteiger partial charge >= 0.3 is 0 Å². The first-order valence-corrected chi connectivity index (χ1v) is 7.61. The Bertz CT molecular complexity index is 364. The average Bonchev–Trinajstić information content (AvgIpc) is 2.37. The third-order valence-corrected chi connectivity index (χ3v) is 3.65. The SMILES string of the molecule is CCNC(C)c1cc(Br)ccc1OC(CC)CC. The summed E-state index contributed by atoms with van der Waals surface area (Å²) in [4.78, 5) is 0. The van der Waals surface area contributed by atoms with E-state index in [9.17, 15) is 0 Å². The first-order valence-electron chi connectivity index (χ1n) is 6.81. The zero-order chi connectivity index (χ0) is 13.5. The van der Waals surface area contributed by atoms with Crippen LogP contribution in [0.25, 0.3) is 0 Å². The molecule has 1 atom stereocenters. The Hall–Kier alpha value is -0.540. The number of benzene rings is 1. The second-order valence-electron chi connectivity index (χ2n) is 4.52. The lowest BCUT2D eigenvalue weighted by molar-refractivity contribution is 0.189. The molecule has 0 saturated heterocycles. The Kier molecular flexibility index (Phi) is 6.72. The molecule has 102 valence electrons. The highest BCUT2D eigenvalue weighted by molar-refractivity contribution is 9.10. The quantitative estimate of drug-likeness (QED) is 0.788. The fourth-order valence-electron chi connectivity index (χ4n) is 2.02. The van der Waals surface area contributed by atoms with E-state index in [1.807, 2.05) is 6.07 Å². The van der Waals surface area contributed by atoms with Gasteiger partial charge in [0.05, 0.1) is 6.10 Å². The van der Waals surface area contributed by atoms with Crippen molar-refractivity contribution in [3.8, 4) is 5.75 Å². The third kappa shape index (κ3) is 4.29. The van der Waals surface area contributed by atoms with E-state index in [0.29, 0.717) is 12.1 Å². The minimum Gasteiger partial charge on any atom is -0.490 e. The van der Waals surface area contributed by atoms with E-state index in [0.717, 1.165) is 29.6 Å². The summed E-state index contributed by atoms with van der Waals surface area (Å²) in [6.45, 7) is 9.58. The normalized spacial score (nSPS) is 12.8. The van der Waals surface area contributed by atoms with Gasteiger partial charge in [-0.2, -0.15) is 0 Å². The van der Waals surface area contributed by atoms with Crippen molar-refractivity contribution in [2.24, 2.45) is 0 Å². The fourth-order valence-corrected chi connectivity index (χ4v) is 2.39. The van der Waals surface area contributed by atoms with Gasteiger partial charge < -0.3 is 10.1 Å². The van der Waals surface area contributed by atoms with Crippen LogP contribution in [0.2, 0.25) is 0 Å². The molecule has 0 fully saturated rings. The molecule has 0 aliphatic carbocycles. The largest absolute Gasteiger partial charge is 0.490 e. The van der Waals surface area contributed by atoms with E-state index in [1.165, 1.54) is 5.56 Å². The fraction of sp³-hybridized carbons (Fsp3) is 0.600. The van der Waals surface area contributed by atoms with Gasteiger partial charge in [0.2, 0.25) is 0 Å². The van der Waals surface area contributed by atoms with Crippen LogP contribution in [-0.4, -0.2) is 12.6 Å². The van der Waals surface area contributed by atoms with Gasteiger partial charge in [-0.25, -0.2) is 0 Å². The van der Waals surface area contributed by atoms with Gasteiger partial charge in [0.15, 0.2) is 0 Å². The molecule has 3 heteroatoms. The standard InChI is InChI=1S/C15H24BrNO/c1-5-13(6-2)18-15-9-8-12(16)10-14(15)11(4)17-7-3/h8-11,13,17H,5-7H2,1-4H3. The lowest BCUT2D eigenvalue weighted by Crippen LogP contribution is -2.20. The maximum atomic E-state index is 6.11. The zero-order valence-electron chi connectivity index (χ0n) is 11.8. The molecular formula is C15H24BrNO. The molecular weight excluding hydrogens is 290 g/mol. The highest BCUT2D eigenvalue weighted by Crippen LogP contribution is 2.30. The number of ether oxygens (including phenoxy) is 1. The molecule has 0 spiro atoms. The van der Waals surface area contributed by atoms with Crippen LogP contribution in [0.4, 0.5) is 0 Å². The monoisotopic (exact) mass is 313 g/mol. The van der Waals surface area contributed by atoms with E-state index in [2.05, 4.69) is 61.1 Å². The highest BCUT2D eigenvalue weighted by atomic mass is 79.9. The Morgan fingerprint density at radius 2 is 1.89 bits per heavy atom. The number of nitrogens with one attached hydrogen (secondary N) is 1. The van der Waals surface area contributed by atoms with Crippen LogP contribution in [-0.2, 0) is 0 Å². The predicted molar refractivity (Wildman–Crippen MR) is 81.2 cm³/mol. The minimum absolute atomic E-state index is 0.303. The van der Waals surface area contributed by atoms with E-state index >= 15 is 0 Å². The van der Waals surface area contributed by atoms with Crippen molar-refractivity contribution in [2.75, 3.05) is 6.54 Å². The highest BCUT2D eigenvalue weighted by Gasteiger charge is 2.14. The molecule has 1 unspecified atom stereocenters. The van der Waals surface area contributed by atoms with Crippen LogP contribution < -0.4 is 10.1 Å². The Labute approximate surface area is 119 Å². The van der Waals surface area contributed by atoms with E-state index in [-0.39, 0.29) is 0 Å². The molecule has 18 heavy (non-hydrogen) atoms. The molecule has 0 aromatic heterocycles. The van der Waals surface area contributed by atoms with Crippen molar-refractivity contribution in [3.63, 3.8) is 0 Å². The summed E-state index contributed by atoms with van der Waals surface area (Å²) in [5.74, 6) is 1.00. The van der Waals surface area contributed by atoms with Crippen LogP contribution in [0.1, 0.15) is 52.1 Å². The van der Waals surface area contributed by atoms with Gasteiger partial charge in [-0.05, 0) is 44.5 Å². The smallest absolute Gasteiger partial charge is 0.124 e. The van der Waals surface area contributed by atoms with Crippen LogP contribution in [0, 0.1) is 0 Å². The Balaban J connectivity index is 2.95. The van der Waals surface area contributed by atoms with Gasteiger partial charge in [0.1, 0.15) is 5.75 Å². The molecule has 0 saturated carbocycles. The molecule has 0 amide bonds. The topological polar surface area (TPSA) is 21.3 Å². The number of hydrogen-bond donors (Lipinski definition) is 1. The van der Waals surface area contributed by atoms with E-state index < -0.39 is 0 Å². The molecule has 1 aromatic carbocycles. The van der Waals surface area contributed by atoms with Crippen molar-refractivity contribution in [1.82, 2.24) is 5.32 Å². The van der Waals surface area contributed by atoms with Gasteiger partial charge in [-0.15, -0.1) is 0 Å². The third-order valence-electron chi connectivity index (χ3n) is 3.15. The summed E-state index contributed by atoms with van der Waals surface area (Å²) in [6, 6.07) is 6.55.